The highest BCUT2D eigenvalue weighted by atomic mass is 16.5. The minimum Gasteiger partial charge on any atom is -0.384 e. The number of carbonyl (C=O) groups is 1. The smallest absolute Gasteiger partial charge is 0.253 e. The van der Waals surface area contributed by atoms with E-state index in [1.54, 1.807) is 19.1 Å². The average Bonchev–Trinajstić information content (AvgIpc) is 3.13. The lowest BCUT2D eigenvalue weighted by Crippen LogP contribution is -2.28. The van der Waals surface area contributed by atoms with Crippen LogP contribution in [0.3, 0.4) is 0 Å². The largest absolute Gasteiger partial charge is 0.384 e. The Balaban J connectivity index is 1.80. The van der Waals surface area contributed by atoms with Gasteiger partial charge in [0.25, 0.3) is 5.91 Å². The normalized spacial score (nSPS) is 16.5. The molecule has 3 N–H and O–H groups in total. The van der Waals surface area contributed by atoms with Crippen LogP contribution in [0.4, 0.5) is 11.5 Å². The highest BCUT2D eigenvalue weighted by molar-refractivity contribution is 5.93. The second-order valence-electron chi connectivity index (χ2n) is 4.38. The van der Waals surface area contributed by atoms with E-state index in [9.17, 15) is 4.79 Å². The number of anilines is 2. The molecule has 5 nitrogen and oxygen atoms in total. The molecule has 5 heteroatoms. The number of nitrogens with one attached hydrogen (secondary N) is 1. The molecular formula is C12H17N3O2. The highest BCUT2D eigenvalue weighted by Gasteiger charge is 2.24. The van der Waals surface area contributed by atoms with Crippen molar-refractivity contribution in [3.63, 3.8) is 0 Å². The second-order valence-corrected chi connectivity index (χ2v) is 4.38. The van der Waals surface area contributed by atoms with Crippen LogP contribution in [0.5, 0.6) is 0 Å². The van der Waals surface area contributed by atoms with Gasteiger partial charge in [0.1, 0.15) is 11.9 Å². The van der Waals surface area contributed by atoms with Crippen LogP contribution in [0.15, 0.2) is 18.3 Å². The number of rotatable bonds is 5. The molecule has 1 aromatic heterocycles. The van der Waals surface area contributed by atoms with Gasteiger partial charge in [0.2, 0.25) is 0 Å². The van der Waals surface area contributed by atoms with Gasteiger partial charge in [-0.15, -0.1) is 0 Å². The van der Waals surface area contributed by atoms with Crippen molar-refractivity contribution in [1.82, 2.24) is 4.98 Å². The Morgan fingerprint density at radius 3 is 3.00 bits per heavy atom. The molecule has 1 fully saturated rings. The fraction of sp³-hybridized carbons (Fsp3) is 0.500. The number of carbonyl (C=O) groups excluding carboxylic acids is 1. The Labute approximate surface area is 100 Å². The van der Waals surface area contributed by atoms with Gasteiger partial charge in [0.05, 0.1) is 18.5 Å². The second kappa shape index (κ2) is 5.14. The first-order valence-electron chi connectivity index (χ1n) is 5.79. The molecule has 0 saturated heterocycles. The maximum Gasteiger partial charge on any atom is 0.253 e. The number of aromatic nitrogens is 1. The van der Waals surface area contributed by atoms with E-state index in [2.05, 4.69) is 10.3 Å². The zero-order chi connectivity index (χ0) is 12.3. The third kappa shape index (κ3) is 3.71. The average molecular weight is 235 g/mol. The van der Waals surface area contributed by atoms with Crippen LogP contribution in [0, 0.1) is 5.92 Å². The zero-order valence-electron chi connectivity index (χ0n) is 9.85. The van der Waals surface area contributed by atoms with Gasteiger partial charge in [-0.25, -0.2) is 4.98 Å². The summed E-state index contributed by atoms with van der Waals surface area (Å²) in [6.45, 7) is 2.43. The maximum atomic E-state index is 11.7. The molecule has 1 amide bonds. The first kappa shape index (κ1) is 11.9. The first-order chi connectivity index (χ1) is 8.15. The molecule has 0 radical (unpaired) electrons. The first-order valence-corrected chi connectivity index (χ1v) is 5.79. The number of nitrogens with two attached hydrogens (primary N) is 1. The number of hydrogen-bond acceptors (Lipinski definition) is 4. The minimum absolute atomic E-state index is 0.155. The van der Waals surface area contributed by atoms with Gasteiger partial charge < -0.3 is 15.8 Å². The summed E-state index contributed by atoms with van der Waals surface area (Å²) in [4.78, 5) is 15.6. The van der Waals surface area contributed by atoms with Gasteiger partial charge in [-0.2, -0.15) is 0 Å². The molecule has 0 bridgehead atoms. The number of ether oxygens (including phenoxy) is 1. The van der Waals surface area contributed by atoms with Crippen molar-refractivity contribution in [1.29, 1.82) is 0 Å². The summed E-state index contributed by atoms with van der Waals surface area (Å²) in [5.41, 5.74) is 6.09. The molecule has 0 aromatic carbocycles. The summed E-state index contributed by atoms with van der Waals surface area (Å²) in [6.07, 6.45) is 3.53. The highest BCUT2D eigenvalue weighted by Crippen LogP contribution is 2.29. The lowest BCUT2D eigenvalue weighted by atomic mass is 10.3. The Morgan fingerprint density at radius 1 is 1.65 bits per heavy atom. The van der Waals surface area contributed by atoms with Crippen LogP contribution < -0.4 is 11.1 Å². The lowest BCUT2D eigenvalue weighted by Gasteiger charge is -2.12. The van der Waals surface area contributed by atoms with Gasteiger partial charge in [-0.1, -0.05) is 0 Å². The lowest BCUT2D eigenvalue weighted by molar-refractivity contribution is -0.126. The molecule has 1 aliphatic carbocycles. The zero-order valence-corrected chi connectivity index (χ0v) is 9.85. The van der Waals surface area contributed by atoms with Gasteiger partial charge in [0.15, 0.2) is 0 Å². The van der Waals surface area contributed by atoms with Crippen LogP contribution in [0.1, 0.15) is 19.8 Å². The summed E-state index contributed by atoms with van der Waals surface area (Å²) in [5.74, 6) is 0.932. The van der Waals surface area contributed by atoms with Crippen molar-refractivity contribution in [2.45, 2.75) is 25.9 Å². The molecule has 0 unspecified atom stereocenters. The number of nitrogen functional groups attached to an aromatic ring is 1. The Bertz CT molecular complexity index is 387. The van der Waals surface area contributed by atoms with Gasteiger partial charge in [0, 0.05) is 0 Å². The summed E-state index contributed by atoms with van der Waals surface area (Å²) in [5, 5.41) is 2.73. The summed E-state index contributed by atoms with van der Waals surface area (Å²) < 4.78 is 5.47. The molecular weight excluding hydrogens is 218 g/mol. The summed E-state index contributed by atoms with van der Waals surface area (Å²) >= 11 is 0. The molecule has 0 spiro atoms. The molecule has 92 valence electrons. The van der Waals surface area contributed by atoms with Crippen LogP contribution in [0.25, 0.3) is 0 Å². The quantitative estimate of drug-likeness (QED) is 0.809. The van der Waals surface area contributed by atoms with Crippen molar-refractivity contribution in [3.05, 3.63) is 18.3 Å². The number of nitrogens with zero attached hydrogens (tertiary/aromatic N) is 1. The monoisotopic (exact) mass is 235 g/mol. The van der Waals surface area contributed by atoms with Gasteiger partial charge >= 0.3 is 0 Å². The van der Waals surface area contributed by atoms with E-state index in [-0.39, 0.29) is 5.91 Å². The van der Waals surface area contributed by atoms with Crippen molar-refractivity contribution in [2.24, 2.45) is 5.92 Å². The molecule has 1 saturated carbocycles. The Morgan fingerprint density at radius 2 is 2.41 bits per heavy atom. The molecule has 2 rings (SSSR count). The Hall–Kier alpha value is -1.62. The van der Waals surface area contributed by atoms with Crippen molar-refractivity contribution >= 4 is 17.4 Å². The number of hydrogen-bond donors (Lipinski definition) is 2. The predicted octanol–water partition coefficient (Wildman–Crippen LogP) is 1.42. The van der Waals surface area contributed by atoms with Gasteiger partial charge in [-0.3, -0.25) is 4.79 Å². The van der Waals surface area contributed by atoms with Crippen molar-refractivity contribution in [3.8, 4) is 0 Å². The van der Waals surface area contributed by atoms with E-state index in [0.29, 0.717) is 24.0 Å². The van der Waals surface area contributed by atoms with E-state index in [1.807, 2.05) is 0 Å². The van der Waals surface area contributed by atoms with E-state index in [4.69, 9.17) is 10.5 Å². The summed E-state index contributed by atoms with van der Waals surface area (Å²) in [6, 6.07) is 3.36. The standard InChI is InChI=1S/C12H17N3O2/c1-8(17-7-9-2-3-9)12(16)15-10-4-5-11(13)14-6-10/h4-6,8-9H,2-3,7H2,1H3,(H2,13,14)(H,15,16)/t8-/m0/s1. The molecule has 0 aliphatic heterocycles. The van der Waals surface area contributed by atoms with E-state index in [0.717, 1.165) is 0 Å². The van der Waals surface area contributed by atoms with Gasteiger partial charge in [-0.05, 0) is 37.8 Å². The minimum atomic E-state index is -0.437. The SMILES string of the molecule is C[C@H](OCC1CC1)C(=O)Nc1ccc(N)nc1. The predicted molar refractivity (Wildman–Crippen MR) is 65.4 cm³/mol. The van der Waals surface area contributed by atoms with Crippen molar-refractivity contribution in [2.75, 3.05) is 17.7 Å². The molecule has 1 aliphatic rings. The molecule has 1 atom stereocenters. The third-order valence-corrected chi connectivity index (χ3v) is 2.70. The maximum absolute atomic E-state index is 11.7. The molecule has 1 aromatic rings. The number of pyridine rings is 1. The fourth-order valence-corrected chi connectivity index (χ4v) is 1.36. The van der Waals surface area contributed by atoms with E-state index >= 15 is 0 Å². The third-order valence-electron chi connectivity index (χ3n) is 2.70. The van der Waals surface area contributed by atoms with Crippen LogP contribution >= 0.6 is 0 Å². The molecule has 17 heavy (non-hydrogen) atoms. The van der Waals surface area contributed by atoms with Crippen molar-refractivity contribution < 1.29 is 9.53 Å². The Kier molecular flexibility index (Phi) is 3.58. The topological polar surface area (TPSA) is 77.2 Å². The van der Waals surface area contributed by atoms with Crippen LogP contribution in [0.2, 0.25) is 0 Å². The van der Waals surface area contributed by atoms with Crippen LogP contribution in [-0.4, -0.2) is 23.6 Å². The van der Waals surface area contributed by atoms with E-state index < -0.39 is 6.10 Å². The van der Waals surface area contributed by atoms with E-state index in [1.165, 1.54) is 19.0 Å². The molecule has 1 heterocycles. The number of amides is 1. The van der Waals surface area contributed by atoms with Crippen LogP contribution in [-0.2, 0) is 9.53 Å². The summed E-state index contributed by atoms with van der Waals surface area (Å²) in [7, 11) is 0. The fourth-order valence-electron chi connectivity index (χ4n) is 1.36.